The minimum absolute atomic E-state index is 0.0539. The van der Waals surface area contributed by atoms with Crippen LogP contribution >= 0.6 is 11.8 Å². The lowest BCUT2D eigenvalue weighted by molar-refractivity contribution is -0.132. The number of nitrogens with zero attached hydrogens (tertiary/aromatic N) is 3. The summed E-state index contributed by atoms with van der Waals surface area (Å²) in [7, 11) is 5.94. The van der Waals surface area contributed by atoms with E-state index in [2.05, 4.69) is 53.3 Å². The molecule has 4 aromatic rings. The predicted molar refractivity (Wildman–Crippen MR) is 214 cm³/mol. The lowest BCUT2D eigenvalue weighted by Gasteiger charge is -2.60. The second-order valence-corrected chi connectivity index (χ2v) is 17.3. The number of phenolic OH excluding ortho intramolecular Hbond substituents is 2. The van der Waals surface area contributed by atoms with E-state index in [4.69, 9.17) is 23.7 Å². The summed E-state index contributed by atoms with van der Waals surface area (Å²) in [6.45, 7) is 13.4. The van der Waals surface area contributed by atoms with Crippen LogP contribution in [0, 0.1) is 13.8 Å². The van der Waals surface area contributed by atoms with Crippen molar-refractivity contribution in [2.75, 3.05) is 53.4 Å². The van der Waals surface area contributed by atoms with Gasteiger partial charge in [0.1, 0.15) is 18.1 Å². The van der Waals surface area contributed by atoms with Crippen LogP contribution in [0.1, 0.15) is 75.8 Å². The average molecular weight is 783 g/mol. The number of carbonyl (C=O) groups is 1. The van der Waals surface area contributed by atoms with Crippen molar-refractivity contribution in [2.24, 2.45) is 0 Å². The first-order valence-electron chi connectivity index (χ1n) is 19.3. The topological polar surface area (TPSA) is 129 Å². The van der Waals surface area contributed by atoms with Gasteiger partial charge < -0.3 is 38.9 Å². The lowest BCUT2D eigenvalue weighted by Crippen LogP contribution is -2.65. The SMILES string of the molecule is C=COC[C@H]1c2c3c(c(C)c(OC(C)=O)c2[C@@H](SC[C@]2(C)c4[nH]c5ccc(O)cc5c4CCN2C)C2[C@@H]4c5c(cc(C)c(OC)c5O)C[C@H](CN21)N4C)OCO3. The monoisotopic (exact) mass is 782 g/mol. The molecule has 0 spiro atoms. The van der Waals surface area contributed by atoms with E-state index < -0.39 is 11.5 Å². The van der Waals surface area contributed by atoms with Crippen LogP contribution in [0.2, 0.25) is 0 Å². The summed E-state index contributed by atoms with van der Waals surface area (Å²) < 4.78 is 30.6. The van der Waals surface area contributed by atoms with Crippen LogP contribution in [-0.4, -0.2) is 101 Å². The number of hydrogen-bond donors (Lipinski definition) is 3. The van der Waals surface area contributed by atoms with E-state index in [9.17, 15) is 15.0 Å². The van der Waals surface area contributed by atoms with Gasteiger partial charge in [0.05, 0.1) is 36.2 Å². The molecule has 3 N–H and O–H groups in total. The van der Waals surface area contributed by atoms with E-state index in [1.807, 2.05) is 37.7 Å². The summed E-state index contributed by atoms with van der Waals surface area (Å²) >= 11 is 1.83. The van der Waals surface area contributed by atoms with Crippen molar-refractivity contribution in [2.45, 2.75) is 75.5 Å². The van der Waals surface area contributed by atoms with Gasteiger partial charge in [-0.3, -0.25) is 19.5 Å². The summed E-state index contributed by atoms with van der Waals surface area (Å²) in [6, 6.07) is 7.05. The first-order chi connectivity index (χ1) is 26.9. The zero-order valence-corrected chi connectivity index (χ0v) is 33.8. The molecule has 13 heteroatoms. The number of piperazine rings is 1. The van der Waals surface area contributed by atoms with Crippen LogP contribution in [0.3, 0.4) is 0 Å². The number of H-pyrrole nitrogens is 1. The van der Waals surface area contributed by atoms with Crippen LogP contribution in [-0.2, 0) is 27.9 Å². The number of fused-ring (bicyclic) bond motifs is 12. The van der Waals surface area contributed by atoms with Gasteiger partial charge in [-0.2, -0.15) is 0 Å². The third-order valence-corrected chi connectivity index (χ3v) is 14.8. The van der Waals surface area contributed by atoms with Crippen molar-refractivity contribution < 1.29 is 38.7 Å². The molecular weight excluding hydrogens is 733 g/mol. The Morgan fingerprint density at radius 1 is 1.12 bits per heavy atom. The van der Waals surface area contributed by atoms with E-state index in [-0.39, 0.29) is 54.3 Å². The molecular formula is C43H50N4O8S. The number of nitrogens with one attached hydrogen (secondary N) is 1. The van der Waals surface area contributed by atoms with Gasteiger partial charge in [0.2, 0.25) is 6.79 Å². The number of esters is 1. The van der Waals surface area contributed by atoms with Gasteiger partial charge in [-0.05, 0) is 82.6 Å². The molecule has 296 valence electrons. The number of aromatic nitrogens is 1. The van der Waals surface area contributed by atoms with Crippen LogP contribution in [0.15, 0.2) is 37.1 Å². The summed E-state index contributed by atoms with van der Waals surface area (Å²) in [5, 5.41) is 23.3. The molecule has 0 aliphatic carbocycles. The van der Waals surface area contributed by atoms with Crippen LogP contribution in [0.25, 0.3) is 10.9 Å². The highest BCUT2D eigenvalue weighted by Crippen LogP contribution is 2.63. The van der Waals surface area contributed by atoms with E-state index in [1.54, 1.807) is 13.2 Å². The lowest BCUT2D eigenvalue weighted by atomic mass is 9.73. The molecule has 0 radical (unpaired) electrons. The van der Waals surface area contributed by atoms with Gasteiger partial charge in [-0.1, -0.05) is 12.6 Å². The second-order valence-electron chi connectivity index (χ2n) is 16.1. The fourth-order valence-corrected chi connectivity index (χ4v) is 12.2. The first kappa shape index (κ1) is 37.0. The minimum atomic E-state index is -0.441. The summed E-state index contributed by atoms with van der Waals surface area (Å²) in [6.07, 6.45) is 3.08. The van der Waals surface area contributed by atoms with E-state index >= 15 is 0 Å². The zero-order valence-electron chi connectivity index (χ0n) is 33.0. The highest BCUT2D eigenvalue weighted by molar-refractivity contribution is 7.99. The number of methoxy groups -OCH3 is 1. The quantitative estimate of drug-likeness (QED) is 0.102. The van der Waals surface area contributed by atoms with Crippen molar-refractivity contribution in [1.29, 1.82) is 0 Å². The van der Waals surface area contributed by atoms with Crippen molar-refractivity contribution in [3.8, 4) is 34.5 Å². The molecule has 1 aromatic heterocycles. The molecule has 3 aromatic carbocycles. The number of rotatable bonds is 8. The molecule has 6 heterocycles. The Bertz CT molecular complexity index is 2290. The zero-order chi connectivity index (χ0) is 39.4. The van der Waals surface area contributed by atoms with E-state index in [0.717, 1.165) is 70.3 Å². The molecule has 0 saturated carbocycles. The number of hydrogen-bond acceptors (Lipinski definition) is 12. The molecule has 0 amide bonds. The largest absolute Gasteiger partial charge is 0.508 e. The minimum Gasteiger partial charge on any atom is -0.508 e. The van der Waals surface area contributed by atoms with Gasteiger partial charge in [0.15, 0.2) is 23.0 Å². The van der Waals surface area contributed by atoms with Gasteiger partial charge in [0.25, 0.3) is 0 Å². The molecule has 5 aliphatic heterocycles. The third kappa shape index (κ3) is 5.34. The second kappa shape index (κ2) is 13.5. The molecule has 12 nitrogen and oxygen atoms in total. The first-order valence-corrected chi connectivity index (χ1v) is 20.3. The molecule has 56 heavy (non-hydrogen) atoms. The molecule has 9 rings (SSSR count). The molecule has 1 saturated heterocycles. The highest BCUT2D eigenvalue weighted by atomic mass is 32.2. The maximum Gasteiger partial charge on any atom is 0.308 e. The van der Waals surface area contributed by atoms with Gasteiger partial charge >= 0.3 is 5.97 Å². The van der Waals surface area contributed by atoms with Gasteiger partial charge in [0, 0.05) is 76.7 Å². The van der Waals surface area contributed by atoms with Crippen molar-refractivity contribution >= 4 is 28.6 Å². The van der Waals surface area contributed by atoms with Crippen LogP contribution < -0.4 is 18.9 Å². The Morgan fingerprint density at radius 2 is 1.91 bits per heavy atom. The fourth-order valence-electron chi connectivity index (χ4n) is 10.4. The molecule has 1 unspecified atom stereocenters. The number of aryl methyl sites for hydroxylation is 1. The normalized spacial score (nSPS) is 26.6. The van der Waals surface area contributed by atoms with Crippen LogP contribution in [0.4, 0.5) is 0 Å². The number of ether oxygens (including phenoxy) is 5. The summed E-state index contributed by atoms with van der Waals surface area (Å²) in [5.74, 6) is 2.84. The standard InChI is InChI=1S/C43H50N4O8S/c1-9-52-18-30-32-33(38(55-23(4)48)22(3)39-40(32)54-20-53-39)41(56-19-43(5)42-27(12-13-45(43)6)28-16-26(49)10-11-29(28)44-42)35-34-31-24(14-21(2)37(51-8)36(31)50)15-25(46(34)7)17-47(30)35/h9-11,14,16,25,30,34-35,41,44,49-50H,1,12-13,15,17-20H2,2-8H3/t25-,30+,34+,35?,41-,43-/m1/s1. The van der Waals surface area contributed by atoms with Crippen molar-refractivity contribution in [1.82, 2.24) is 19.7 Å². The van der Waals surface area contributed by atoms with Gasteiger partial charge in [-0.15, -0.1) is 11.8 Å². The Balaban J connectivity index is 1.28. The predicted octanol–water partition coefficient (Wildman–Crippen LogP) is 6.53. The smallest absolute Gasteiger partial charge is 0.308 e. The Morgan fingerprint density at radius 3 is 2.66 bits per heavy atom. The summed E-state index contributed by atoms with van der Waals surface area (Å²) in [5.41, 5.74) is 8.28. The Labute approximate surface area is 331 Å². The number of aromatic hydroxyl groups is 2. The van der Waals surface area contributed by atoms with Gasteiger partial charge in [-0.25, -0.2) is 0 Å². The molecule has 6 atom stereocenters. The van der Waals surface area contributed by atoms with Crippen LogP contribution in [0.5, 0.6) is 34.5 Å². The fraction of sp³-hybridized carbons (Fsp3) is 0.465. The maximum atomic E-state index is 13.0. The number of likely N-dealkylation sites (N-methyl/N-ethyl adjacent to an activating group) is 2. The number of thioether (sulfide) groups is 1. The Hall–Kier alpha value is -4.56. The Kier molecular flexibility index (Phi) is 8.95. The number of benzene rings is 3. The van der Waals surface area contributed by atoms with Crippen molar-refractivity contribution in [3.05, 3.63) is 81.7 Å². The average Bonchev–Trinajstić information content (AvgIpc) is 3.79. The number of carbonyl (C=O) groups excluding carboxylic acids is 1. The summed E-state index contributed by atoms with van der Waals surface area (Å²) in [4.78, 5) is 24.2. The maximum absolute atomic E-state index is 13.0. The molecule has 1 fully saturated rings. The third-order valence-electron chi connectivity index (χ3n) is 13.2. The van der Waals surface area contributed by atoms with E-state index in [1.165, 1.54) is 18.7 Å². The molecule has 5 aliphatic rings. The van der Waals surface area contributed by atoms with E-state index in [0.29, 0.717) is 34.3 Å². The number of aromatic amines is 1. The van der Waals surface area contributed by atoms with Crippen molar-refractivity contribution in [3.63, 3.8) is 0 Å². The highest BCUT2D eigenvalue weighted by Gasteiger charge is 2.57. The number of phenols is 2. The molecule has 2 bridgehead atoms.